The molecular formula is C21H20N6O3S2. The van der Waals surface area contributed by atoms with Crippen molar-refractivity contribution in [2.75, 3.05) is 26.2 Å². The third-order valence-corrected chi connectivity index (χ3v) is 8.06. The molecule has 1 amide bonds. The van der Waals surface area contributed by atoms with Crippen LogP contribution in [0.3, 0.4) is 0 Å². The van der Waals surface area contributed by atoms with Crippen LogP contribution in [0.25, 0.3) is 16.7 Å². The Morgan fingerprint density at radius 2 is 1.72 bits per heavy atom. The minimum atomic E-state index is -3.72. The van der Waals surface area contributed by atoms with Gasteiger partial charge >= 0.3 is 0 Å². The Bertz CT molecular complexity index is 1390. The zero-order valence-corrected chi connectivity index (χ0v) is 18.9. The molecule has 1 fully saturated rings. The quantitative estimate of drug-likeness (QED) is 0.456. The van der Waals surface area contributed by atoms with Crippen molar-refractivity contribution in [1.82, 2.24) is 27.7 Å². The first kappa shape index (κ1) is 20.7. The number of sulfonamides is 1. The maximum atomic E-state index is 13.2. The van der Waals surface area contributed by atoms with E-state index >= 15 is 0 Å². The fraction of sp³-hybridized carbons (Fsp3) is 0.238. The number of aryl methyl sites for hydroxylation is 1. The molecule has 0 bridgehead atoms. The second kappa shape index (κ2) is 8.08. The minimum Gasteiger partial charge on any atom is -0.336 e. The van der Waals surface area contributed by atoms with E-state index in [4.69, 9.17) is 0 Å². The molecule has 11 heteroatoms. The molecule has 0 N–H and O–H groups in total. The lowest BCUT2D eigenvalue weighted by Gasteiger charge is -2.34. The summed E-state index contributed by atoms with van der Waals surface area (Å²) in [4.78, 5) is 14.8. The van der Waals surface area contributed by atoms with Crippen molar-refractivity contribution in [3.8, 4) is 5.69 Å². The van der Waals surface area contributed by atoms with Crippen LogP contribution < -0.4 is 0 Å². The summed E-state index contributed by atoms with van der Waals surface area (Å²) in [6.07, 6.45) is 1.73. The molecule has 2 aromatic heterocycles. The van der Waals surface area contributed by atoms with E-state index in [1.807, 2.05) is 25.1 Å². The number of hydrogen-bond acceptors (Lipinski definition) is 7. The molecule has 1 saturated heterocycles. The number of carbonyl (C=O) groups is 1. The Morgan fingerprint density at radius 3 is 2.41 bits per heavy atom. The van der Waals surface area contributed by atoms with Crippen molar-refractivity contribution in [3.05, 3.63) is 66.0 Å². The lowest BCUT2D eigenvalue weighted by Crippen LogP contribution is -2.50. The number of fused-ring (bicyclic) bond motifs is 1. The maximum absolute atomic E-state index is 13.2. The number of nitrogens with zero attached hydrogens (tertiary/aromatic N) is 6. The summed E-state index contributed by atoms with van der Waals surface area (Å²) in [5, 5.41) is 4.27. The Hall–Kier alpha value is -3.15. The number of piperazine rings is 1. The number of benzene rings is 2. The van der Waals surface area contributed by atoms with E-state index in [1.165, 1.54) is 4.31 Å². The van der Waals surface area contributed by atoms with Gasteiger partial charge in [0.2, 0.25) is 10.0 Å². The van der Waals surface area contributed by atoms with E-state index in [-0.39, 0.29) is 23.9 Å². The molecule has 4 aromatic rings. The average Bonchev–Trinajstić information content (AvgIpc) is 3.47. The number of carbonyl (C=O) groups excluding carboxylic acids is 1. The lowest BCUT2D eigenvalue weighted by molar-refractivity contribution is 0.0698. The minimum absolute atomic E-state index is 0.114. The molecule has 164 valence electrons. The maximum Gasteiger partial charge on any atom is 0.253 e. The van der Waals surface area contributed by atoms with Crippen molar-refractivity contribution in [3.63, 3.8) is 0 Å². The molecule has 0 saturated carbocycles. The number of aromatic nitrogens is 4. The topological polar surface area (TPSA) is 101 Å². The van der Waals surface area contributed by atoms with Gasteiger partial charge in [0.05, 0.1) is 17.4 Å². The molecule has 5 rings (SSSR count). The zero-order chi connectivity index (χ0) is 22.3. The van der Waals surface area contributed by atoms with E-state index in [2.05, 4.69) is 13.8 Å². The highest BCUT2D eigenvalue weighted by Crippen LogP contribution is 2.25. The largest absolute Gasteiger partial charge is 0.336 e. The number of amides is 1. The fourth-order valence-electron chi connectivity index (χ4n) is 3.83. The lowest BCUT2D eigenvalue weighted by atomic mass is 10.1. The predicted octanol–water partition coefficient (Wildman–Crippen LogP) is 2.33. The first-order valence-electron chi connectivity index (χ1n) is 10.1. The van der Waals surface area contributed by atoms with Crippen LogP contribution in [0.4, 0.5) is 0 Å². The molecule has 32 heavy (non-hydrogen) atoms. The molecule has 3 heterocycles. The summed E-state index contributed by atoms with van der Waals surface area (Å²) < 4.78 is 37.8. The average molecular weight is 469 g/mol. The summed E-state index contributed by atoms with van der Waals surface area (Å²) in [7, 11) is -3.72. The second-order valence-electron chi connectivity index (χ2n) is 7.52. The van der Waals surface area contributed by atoms with Gasteiger partial charge in [0.15, 0.2) is 0 Å². The Morgan fingerprint density at radius 1 is 0.969 bits per heavy atom. The first-order valence-corrected chi connectivity index (χ1v) is 12.2. The van der Waals surface area contributed by atoms with Crippen LogP contribution in [0.15, 0.2) is 59.6 Å². The molecule has 1 aliphatic rings. The van der Waals surface area contributed by atoms with Gasteiger partial charge in [-0.15, -0.1) is 0 Å². The Labute approximate surface area is 189 Å². The predicted molar refractivity (Wildman–Crippen MR) is 120 cm³/mol. The van der Waals surface area contributed by atoms with Gasteiger partial charge in [-0.1, -0.05) is 6.07 Å². The highest BCUT2D eigenvalue weighted by Gasteiger charge is 2.32. The van der Waals surface area contributed by atoms with Crippen molar-refractivity contribution in [2.45, 2.75) is 11.8 Å². The fourth-order valence-corrected chi connectivity index (χ4v) is 6.00. The number of hydrogen-bond donors (Lipinski definition) is 0. The van der Waals surface area contributed by atoms with Gasteiger partial charge in [-0.3, -0.25) is 4.79 Å². The van der Waals surface area contributed by atoms with E-state index in [0.29, 0.717) is 29.7 Å². The summed E-state index contributed by atoms with van der Waals surface area (Å²) in [6, 6.07) is 14.2. The molecule has 1 aliphatic heterocycles. The third kappa shape index (κ3) is 3.57. The normalized spacial score (nSPS) is 15.3. The molecule has 0 atom stereocenters. The van der Waals surface area contributed by atoms with Crippen LogP contribution in [-0.4, -0.2) is 68.2 Å². The van der Waals surface area contributed by atoms with Crippen molar-refractivity contribution < 1.29 is 13.2 Å². The van der Waals surface area contributed by atoms with E-state index in [9.17, 15) is 13.2 Å². The summed E-state index contributed by atoms with van der Waals surface area (Å²) >= 11 is 0.991. The highest BCUT2D eigenvalue weighted by molar-refractivity contribution is 7.89. The first-order chi connectivity index (χ1) is 15.4. The summed E-state index contributed by atoms with van der Waals surface area (Å²) in [6.45, 7) is 3.07. The standard InChI is InChI=1S/C21H20N6O3S2/c1-15-9-10-22-27(15)17-7-5-16(6-8-17)21(28)25-11-13-26(14-12-25)32(29,30)19-4-2-3-18-20(19)24-31-23-18/h2-10H,11-14H2,1H3. The van der Waals surface area contributed by atoms with Crippen molar-refractivity contribution in [2.24, 2.45) is 0 Å². The second-order valence-corrected chi connectivity index (χ2v) is 9.95. The van der Waals surface area contributed by atoms with Crippen LogP contribution in [0.1, 0.15) is 16.1 Å². The molecule has 0 radical (unpaired) electrons. The molecule has 2 aromatic carbocycles. The SMILES string of the molecule is Cc1ccnn1-c1ccc(C(=O)N2CCN(S(=O)(=O)c3cccc4nsnc34)CC2)cc1. The van der Waals surface area contributed by atoms with Crippen LogP contribution in [0.5, 0.6) is 0 Å². The van der Waals surface area contributed by atoms with E-state index in [0.717, 1.165) is 23.1 Å². The third-order valence-electron chi connectivity index (χ3n) is 5.58. The van der Waals surface area contributed by atoms with E-state index in [1.54, 1.807) is 46.1 Å². The van der Waals surface area contributed by atoms with Gasteiger partial charge in [0.25, 0.3) is 5.91 Å². The van der Waals surface area contributed by atoms with Gasteiger partial charge in [-0.2, -0.15) is 18.2 Å². The molecule has 9 nitrogen and oxygen atoms in total. The van der Waals surface area contributed by atoms with Gasteiger partial charge in [-0.05, 0) is 49.4 Å². The van der Waals surface area contributed by atoms with Crippen LogP contribution in [-0.2, 0) is 10.0 Å². The Balaban J connectivity index is 1.29. The Kier molecular flexibility index (Phi) is 5.24. The molecular weight excluding hydrogens is 448 g/mol. The van der Waals surface area contributed by atoms with Gasteiger partial charge in [0.1, 0.15) is 15.9 Å². The van der Waals surface area contributed by atoms with Gasteiger partial charge in [0, 0.05) is 43.6 Å². The summed E-state index contributed by atoms with van der Waals surface area (Å²) in [5.74, 6) is -0.114. The molecule has 0 spiro atoms. The van der Waals surface area contributed by atoms with Crippen LogP contribution in [0, 0.1) is 6.92 Å². The van der Waals surface area contributed by atoms with E-state index < -0.39 is 10.0 Å². The van der Waals surface area contributed by atoms with Crippen LogP contribution in [0.2, 0.25) is 0 Å². The van der Waals surface area contributed by atoms with Crippen molar-refractivity contribution in [1.29, 1.82) is 0 Å². The zero-order valence-electron chi connectivity index (χ0n) is 17.2. The molecule has 0 unspecified atom stereocenters. The van der Waals surface area contributed by atoms with Gasteiger partial charge in [-0.25, -0.2) is 13.1 Å². The summed E-state index contributed by atoms with van der Waals surface area (Å²) in [5.41, 5.74) is 3.41. The number of rotatable bonds is 4. The van der Waals surface area contributed by atoms with Gasteiger partial charge < -0.3 is 4.90 Å². The monoisotopic (exact) mass is 468 g/mol. The van der Waals surface area contributed by atoms with Crippen molar-refractivity contribution >= 4 is 38.7 Å². The van der Waals surface area contributed by atoms with Crippen LogP contribution >= 0.6 is 11.7 Å². The molecule has 0 aliphatic carbocycles. The smallest absolute Gasteiger partial charge is 0.253 e. The highest BCUT2D eigenvalue weighted by atomic mass is 32.2.